The summed E-state index contributed by atoms with van der Waals surface area (Å²) >= 11 is 0. The molecule has 0 saturated heterocycles. The van der Waals surface area contributed by atoms with Crippen LogP contribution in [0, 0.1) is 0 Å². The van der Waals surface area contributed by atoms with E-state index in [0.717, 1.165) is 0 Å². The summed E-state index contributed by atoms with van der Waals surface area (Å²) in [6.07, 6.45) is -1.35. The van der Waals surface area contributed by atoms with Gasteiger partial charge in [-0.25, -0.2) is 0 Å². The number of ketones is 1. The van der Waals surface area contributed by atoms with Gasteiger partial charge in [-0.2, -0.15) is 0 Å². The zero-order chi connectivity index (χ0) is 18.0. The van der Waals surface area contributed by atoms with Gasteiger partial charge in [0.05, 0.1) is 6.61 Å². The molecule has 130 valence electrons. The van der Waals surface area contributed by atoms with Gasteiger partial charge in [-0.05, 0) is 13.8 Å². The van der Waals surface area contributed by atoms with Crippen molar-refractivity contribution in [3.63, 3.8) is 0 Å². The minimum Gasteiger partial charge on any atom is -0.852 e. The van der Waals surface area contributed by atoms with Gasteiger partial charge in [0.25, 0.3) is 0 Å². The number of esters is 1. The van der Waals surface area contributed by atoms with Crippen molar-refractivity contribution in [2.24, 2.45) is 0 Å². The molecule has 0 aromatic rings. The van der Waals surface area contributed by atoms with Gasteiger partial charge in [0, 0.05) is 0 Å². The third-order valence-corrected chi connectivity index (χ3v) is 0.699. The Bertz CT molecular complexity index is 208. The first-order chi connectivity index (χ1) is 9.36. The molecule has 22 heavy (non-hydrogen) atoms. The molecular weight excluding hydrogens is 324 g/mol. The molecule has 0 bridgehead atoms. The van der Waals surface area contributed by atoms with Crippen LogP contribution in [0.3, 0.4) is 0 Å². The molecule has 0 unspecified atom stereocenters. The van der Waals surface area contributed by atoms with Crippen molar-refractivity contribution in [2.45, 2.75) is 80.1 Å². The molecule has 0 rings (SSSR count). The third-order valence-electron chi connectivity index (χ3n) is 0.699. The van der Waals surface area contributed by atoms with Gasteiger partial charge in [0.1, 0.15) is 12.2 Å². The normalized spacial score (nSPS) is 8.45. The Morgan fingerprint density at radius 1 is 0.864 bits per heavy atom. The quantitative estimate of drug-likeness (QED) is 0.393. The van der Waals surface area contributed by atoms with Crippen molar-refractivity contribution in [3.8, 4) is 0 Å². The maximum absolute atomic E-state index is 10.4. The standard InChI is InChI=1S/C6H10O3.3C3H7O.Ti/c1-3-9-6(8)4-5(2)7;3*1-3(2)4;/h3-4H2,1-2H3;3*3H,1-2H3;/q;3*-1;+4. The molecule has 0 heterocycles. The largest absolute Gasteiger partial charge is 4.00 e. The average molecular weight is 355 g/mol. The Balaban J connectivity index is -0.0000000632. The van der Waals surface area contributed by atoms with E-state index in [0.29, 0.717) is 6.61 Å². The van der Waals surface area contributed by atoms with Crippen LogP contribution in [0.2, 0.25) is 0 Å². The molecule has 0 aromatic carbocycles. The summed E-state index contributed by atoms with van der Waals surface area (Å²) in [6.45, 7) is 13.1. The van der Waals surface area contributed by atoms with E-state index < -0.39 is 24.3 Å². The smallest absolute Gasteiger partial charge is 0.852 e. The Hall–Kier alpha value is -0.266. The number of hydrogen-bond donors (Lipinski definition) is 0. The molecule has 7 heteroatoms. The minimum absolute atomic E-state index is 0. The second-order valence-corrected chi connectivity index (χ2v) is 4.83. The summed E-state index contributed by atoms with van der Waals surface area (Å²) in [5.41, 5.74) is 0. The van der Waals surface area contributed by atoms with Crippen LogP contribution in [-0.2, 0) is 36.0 Å². The molecule has 0 N–H and O–H groups in total. The first-order valence-electron chi connectivity index (χ1n) is 6.99. The summed E-state index contributed by atoms with van der Waals surface area (Å²) in [4.78, 5) is 20.6. The second kappa shape index (κ2) is 25.7. The fraction of sp³-hybridized carbons (Fsp3) is 0.867. The minimum atomic E-state index is -0.440. The van der Waals surface area contributed by atoms with Gasteiger partial charge in [0.15, 0.2) is 0 Å². The molecule has 0 aromatic heterocycles. The molecular formula is C15H31O6Ti+. The van der Waals surface area contributed by atoms with E-state index in [1.165, 1.54) is 6.92 Å². The number of hydrogen-bond acceptors (Lipinski definition) is 6. The van der Waals surface area contributed by atoms with Crippen molar-refractivity contribution in [2.75, 3.05) is 6.61 Å². The van der Waals surface area contributed by atoms with E-state index in [9.17, 15) is 24.9 Å². The molecule has 0 aliphatic carbocycles. The van der Waals surface area contributed by atoms with Gasteiger partial charge < -0.3 is 20.1 Å². The van der Waals surface area contributed by atoms with E-state index >= 15 is 0 Å². The topological polar surface area (TPSA) is 113 Å². The van der Waals surface area contributed by atoms with Crippen LogP contribution in [-0.4, -0.2) is 36.7 Å². The molecule has 0 aliphatic heterocycles. The molecule has 0 aliphatic rings. The van der Waals surface area contributed by atoms with E-state index in [1.54, 1.807) is 48.5 Å². The molecule has 0 atom stereocenters. The van der Waals surface area contributed by atoms with Gasteiger partial charge in [-0.3, -0.25) is 9.59 Å². The van der Waals surface area contributed by atoms with Crippen molar-refractivity contribution in [1.82, 2.24) is 0 Å². The fourth-order valence-corrected chi connectivity index (χ4v) is 0.415. The van der Waals surface area contributed by atoms with Gasteiger partial charge in [-0.1, -0.05) is 41.5 Å². The maximum atomic E-state index is 10.4. The van der Waals surface area contributed by atoms with Crippen molar-refractivity contribution >= 4 is 11.8 Å². The predicted octanol–water partition coefficient (Wildman–Crippen LogP) is -0.209. The van der Waals surface area contributed by atoms with Crippen LogP contribution < -0.4 is 15.3 Å². The van der Waals surface area contributed by atoms with Crippen LogP contribution in [0.5, 0.6) is 0 Å². The van der Waals surface area contributed by atoms with E-state index in [2.05, 4.69) is 4.74 Å². The zero-order valence-corrected chi connectivity index (χ0v) is 16.7. The monoisotopic (exact) mass is 355 g/mol. The van der Waals surface area contributed by atoms with Gasteiger partial charge in [-0.15, -0.1) is 18.3 Å². The summed E-state index contributed by atoms with van der Waals surface area (Å²) in [6, 6.07) is 0. The van der Waals surface area contributed by atoms with Gasteiger partial charge >= 0.3 is 27.7 Å². The van der Waals surface area contributed by atoms with Crippen LogP contribution in [0.15, 0.2) is 0 Å². The molecule has 0 radical (unpaired) electrons. The number of ether oxygens (including phenoxy) is 1. The molecule has 0 saturated carbocycles. The Morgan fingerprint density at radius 2 is 1.09 bits per heavy atom. The first-order valence-corrected chi connectivity index (χ1v) is 6.99. The van der Waals surface area contributed by atoms with Crippen LogP contribution in [0.25, 0.3) is 0 Å². The second-order valence-electron chi connectivity index (χ2n) is 4.83. The Labute approximate surface area is 150 Å². The number of rotatable bonds is 3. The molecule has 0 amide bonds. The van der Waals surface area contributed by atoms with Crippen LogP contribution in [0.1, 0.15) is 61.8 Å². The zero-order valence-electron chi connectivity index (χ0n) is 15.1. The van der Waals surface area contributed by atoms with E-state index in [4.69, 9.17) is 0 Å². The van der Waals surface area contributed by atoms with Gasteiger partial charge in [0.2, 0.25) is 0 Å². The molecule has 0 fully saturated rings. The SMILES string of the molecule is CC(C)[O-].CC(C)[O-].CC(C)[O-].CCOC(=O)CC(C)=O.[Ti+4]. The summed E-state index contributed by atoms with van der Waals surface area (Å²) in [7, 11) is 0. The fourth-order valence-electron chi connectivity index (χ4n) is 0.415. The Kier molecular flexibility index (Phi) is 38.9. The van der Waals surface area contributed by atoms with Crippen LogP contribution >= 0.6 is 0 Å². The van der Waals surface area contributed by atoms with E-state index in [-0.39, 0.29) is 33.9 Å². The number of carbonyl (C=O) groups excluding carboxylic acids is 2. The first kappa shape index (κ1) is 33.4. The predicted molar refractivity (Wildman–Crippen MR) is 77.3 cm³/mol. The van der Waals surface area contributed by atoms with E-state index in [1.807, 2.05) is 0 Å². The number of carbonyl (C=O) groups is 2. The summed E-state index contributed by atoms with van der Waals surface area (Å²) < 4.78 is 4.49. The number of Topliss-reactive ketones (excluding diaryl/α,β-unsaturated/α-hetero) is 1. The van der Waals surface area contributed by atoms with Crippen molar-refractivity contribution in [3.05, 3.63) is 0 Å². The van der Waals surface area contributed by atoms with Crippen molar-refractivity contribution < 1.29 is 51.4 Å². The molecule has 0 spiro atoms. The Morgan fingerprint density at radius 3 is 1.23 bits per heavy atom. The third kappa shape index (κ3) is 153. The summed E-state index contributed by atoms with van der Waals surface area (Å²) in [5, 5.41) is 28.6. The average Bonchev–Trinajstić information content (AvgIpc) is 2.12. The van der Waals surface area contributed by atoms with Crippen molar-refractivity contribution in [1.29, 1.82) is 0 Å². The van der Waals surface area contributed by atoms with Crippen LogP contribution in [0.4, 0.5) is 0 Å². The summed E-state index contributed by atoms with van der Waals surface area (Å²) in [5.74, 6) is -0.599. The molecule has 6 nitrogen and oxygen atoms in total. The maximum Gasteiger partial charge on any atom is 4.00 e.